The molecule has 7 nitrogen and oxygen atoms in total. The largest absolute Gasteiger partial charge is 0.443 e. The summed E-state index contributed by atoms with van der Waals surface area (Å²) in [4.78, 5) is 27.6. The topological polar surface area (TPSA) is 96.3 Å². The van der Waals surface area contributed by atoms with Crippen molar-refractivity contribution >= 4 is 17.6 Å². The van der Waals surface area contributed by atoms with Crippen molar-refractivity contribution in [3.05, 3.63) is 47.4 Å². The molecule has 0 radical (unpaired) electrons. The Labute approximate surface area is 145 Å². The zero-order chi connectivity index (χ0) is 18.6. The third-order valence-electron chi connectivity index (χ3n) is 3.39. The summed E-state index contributed by atoms with van der Waals surface area (Å²) in [6.45, 7) is 6.09. The first-order valence-electron chi connectivity index (χ1n) is 7.72. The van der Waals surface area contributed by atoms with Crippen molar-refractivity contribution in [2.24, 2.45) is 0 Å². The Morgan fingerprint density at radius 1 is 1.28 bits per heavy atom. The minimum Gasteiger partial charge on any atom is -0.443 e. The summed E-state index contributed by atoms with van der Waals surface area (Å²) < 4.78 is 19.2. The number of amides is 3. The van der Waals surface area contributed by atoms with E-state index in [9.17, 15) is 14.0 Å². The van der Waals surface area contributed by atoms with Gasteiger partial charge in [0.25, 0.3) is 5.91 Å². The Bertz CT molecular complexity index is 780. The third-order valence-corrected chi connectivity index (χ3v) is 3.39. The fourth-order valence-corrected chi connectivity index (χ4v) is 1.98. The van der Waals surface area contributed by atoms with Gasteiger partial charge < -0.3 is 20.4 Å². The van der Waals surface area contributed by atoms with E-state index in [0.717, 1.165) is 11.8 Å². The van der Waals surface area contributed by atoms with E-state index < -0.39 is 17.8 Å². The van der Waals surface area contributed by atoms with Gasteiger partial charge in [-0.15, -0.1) is 0 Å². The minimum absolute atomic E-state index is 0.103. The zero-order valence-corrected chi connectivity index (χ0v) is 14.6. The minimum atomic E-state index is -0.667. The number of nitrogens with zero attached hydrogens (tertiary/aromatic N) is 1. The number of rotatable bonds is 4. The quantitative estimate of drug-likeness (QED) is 0.791. The van der Waals surface area contributed by atoms with Gasteiger partial charge in [-0.2, -0.15) is 0 Å². The first-order valence-corrected chi connectivity index (χ1v) is 7.72. The molecule has 1 aromatic carbocycles. The van der Waals surface area contributed by atoms with E-state index in [1.165, 1.54) is 19.2 Å². The fraction of sp³-hybridized carbons (Fsp3) is 0.353. The molecule has 3 N–H and O–H groups in total. The summed E-state index contributed by atoms with van der Waals surface area (Å²) in [5, 5.41) is 7.45. The highest BCUT2D eigenvalue weighted by Gasteiger charge is 2.19. The summed E-state index contributed by atoms with van der Waals surface area (Å²) in [5.74, 6) is -0.139. The molecule has 134 valence electrons. The number of hydrogen-bond acceptors (Lipinski definition) is 4. The average Bonchev–Trinajstić information content (AvgIpc) is 3.03. The van der Waals surface area contributed by atoms with Crippen molar-refractivity contribution in [1.29, 1.82) is 0 Å². The molecule has 2 aromatic rings. The summed E-state index contributed by atoms with van der Waals surface area (Å²) in [6, 6.07) is 3.22. The van der Waals surface area contributed by atoms with Crippen LogP contribution < -0.4 is 16.0 Å². The smallest absolute Gasteiger partial charge is 0.319 e. The van der Waals surface area contributed by atoms with Crippen LogP contribution in [0.15, 0.2) is 28.8 Å². The highest BCUT2D eigenvalue weighted by atomic mass is 19.1. The lowest BCUT2D eigenvalue weighted by atomic mass is 9.94. The number of oxazole rings is 1. The molecule has 0 aliphatic carbocycles. The van der Waals surface area contributed by atoms with Gasteiger partial charge in [0.2, 0.25) is 5.89 Å². The van der Waals surface area contributed by atoms with Crippen LogP contribution in [0.3, 0.4) is 0 Å². The molecule has 0 fully saturated rings. The van der Waals surface area contributed by atoms with Gasteiger partial charge in [-0.25, -0.2) is 14.2 Å². The lowest BCUT2D eigenvalue weighted by molar-refractivity contribution is 0.0959. The second-order valence-corrected chi connectivity index (χ2v) is 6.45. The van der Waals surface area contributed by atoms with Gasteiger partial charge >= 0.3 is 6.03 Å². The normalized spacial score (nSPS) is 11.1. The maximum absolute atomic E-state index is 13.6. The maximum atomic E-state index is 13.6. The molecule has 1 aromatic heterocycles. The third kappa shape index (κ3) is 4.79. The van der Waals surface area contributed by atoms with Crippen LogP contribution in [0.2, 0.25) is 0 Å². The molecule has 0 aliphatic rings. The van der Waals surface area contributed by atoms with E-state index in [0.29, 0.717) is 11.6 Å². The number of carbonyl (C=O) groups excluding carboxylic acids is 2. The van der Waals surface area contributed by atoms with Crippen molar-refractivity contribution < 1.29 is 18.4 Å². The fourth-order valence-electron chi connectivity index (χ4n) is 1.98. The highest BCUT2D eigenvalue weighted by Crippen LogP contribution is 2.22. The van der Waals surface area contributed by atoms with Gasteiger partial charge in [0.15, 0.2) is 0 Å². The Morgan fingerprint density at radius 3 is 2.60 bits per heavy atom. The number of halogens is 1. The molecule has 0 unspecified atom stereocenters. The predicted molar refractivity (Wildman–Crippen MR) is 90.9 cm³/mol. The predicted octanol–water partition coefficient (Wildman–Crippen LogP) is 2.79. The number of anilines is 1. The van der Waals surface area contributed by atoms with E-state index >= 15 is 0 Å². The molecule has 8 heteroatoms. The molecule has 2 rings (SSSR count). The molecule has 25 heavy (non-hydrogen) atoms. The van der Waals surface area contributed by atoms with Gasteiger partial charge in [-0.3, -0.25) is 4.79 Å². The number of aromatic nitrogens is 1. The van der Waals surface area contributed by atoms with Crippen LogP contribution in [0.4, 0.5) is 14.9 Å². The van der Waals surface area contributed by atoms with Crippen molar-refractivity contribution in [3.63, 3.8) is 0 Å². The first kappa shape index (κ1) is 18.4. The standard InChI is InChI=1S/C17H21FN4O3/c1-17(2,3)13-8-20-14(25-13)9-21-16(24)22-10-5-6-12(18)11(7-10)15(23)19-4/h5-8H,9H2,1-4H3,(H,19,23)(H2,21,22,24). The Morgan fingerprint density at radius 2 is 2.00 bits per heavy atom. The molecular weight excluding hydrogens is 327 g/mol. The summed E-state index contributed by atoms with van der Waals surface area (Å²) in [5.41, 5.74) is -0.0270. The van der Waals surface area contributed by atoms with Crippen LogP contribution in [0.25, 0.3) is 0 Å². The molecule has 0 saturated heterocycles. The van der Waals surface area contributed by atoms with Crippen LogP contribution in [0.5, 0.6) is 0 Å². The van der Waals surface area contributed by atoms with Crippen molar-refractivity contribution in [2.45, 2.75) is 32.7 Å². The van der Waals surface area contributed by atoms with Gasteiger partial charge in [0.1, 0.15) is 11.6 Å². The van der Waals surface area contributed by atoms with Crippen LogP contribution in [-0.4, -0.2) is 24.0 Å². The molecule has 0 aliphatic heterocycles. The van der Waals surface area contributed by atoms with Crippen molar-refractivity contribution in [1.82, 2.24) is 15.6 Å². The average molecular weight is 348 g/mol. The van der Waals surface area contributed by atoms with Gasteiger partial charge in [0, 0.05) is 18.2 Å². The second-order valence-electron chi connectivity index (χ2n) is 6.45. The molecule has 0 atom stereocenters. The first-order chi connectivity index (χ1) is 11.7. The monoisotopic (exact) mass is 348 g/mol. The molecule has 3 amide bonds. The van der Waals surface area contributed by atoms with E-state index in [1.807, 2.05) is 20.8 Å². The van der Waals surface area contributed by atoms with Gasteiger partial charge in [-0.05, 0) is 18.2 Å². The van der Waals surface area contributed by atoms with E-state index in [-0.39, 0.29) is 17.5 Å². The molecule has 0 spiro atoms. The van der Waals surface area contributed by atoms with Gasteiger partial charge in [0.05, 0.1) is 18.3 Å². The molecule has 0 saturated carbocycles. The van der Waals surface area contributed by atoms with Crippen LogP contribution in [-0.2, 0) is 12.0 Å². The molecule has 0 bridgehead atoms. The summed E-state index contributed by atoms with van der Waals surface area (Å²) >= 11 is 0. The Kier molecular flexibility index (Phi) is 5.41. The van der Waals surface area contributed by atoms with E-state index in [4.69, 9.17) is 4.42 Å². The van der Waals surface area contributed by atoms with E-state index in [1.54, 1.807) is 6.20 Å². The SMILES string of the molecule is CNC(=O)c1cc(NC(=O)NCc2ncc(C(C)(C)C)o2)ccc1F. The van der Waals surface area contributed by atoms with E-state index in [2.05, 4.69) is 20.9 Å². The second kappa shape index (κ2) is 7.33. The summed E-state index contributed by atoms with van der Waals surface area (Å²) in [6.07, 6.45) is 1.63. The number of carbonyl (C=O) groups is 2. The van der Waals surface area contributed by atoms with Crippen LogP contribution in [0, 0.1) is 5.82 Å². The van der Waals surface area contributed by atoms with Gasteiger partial charge in [-0.1, -0.05) is 20.8 Å². The van der Waals surface area contributed by atoms with Crippen LogP contribution in [0.1, 0.15) is 42.8 Å². The number of benzene rings is 1. The highest BCUT2D eigenvalue weighted by molar-refractivity contribution is 5.96. The van der Waals surface area contributed by atoms with Crippen LogP contribution >= 0.6 is 0 Å². The van der Waals surface area contributed by atoms with Crippen molar-refractivity contribution in [3.8, 4) is 0 Å². The molecule has 1 heterocycles. The number of nitrogens with one attached hydrogen (secondary N) is 3. The zero-order valence-electron chi connectivity index (χ0n) is 14.6. The summed E-state index contributed by atoms with van der Waals surface area (Å²) in [7, 11) is 1.40. The lowest BCUT2D eigenvalue weighted by Gasteiger charge is -2.13. The number of hydrogen-bond donors (Lipinski definition) is 3. The lowest BCUT2D eigenvalue weighted by Crippen LogP contribution is -2.28. The molecular formula is C17H21FN4O3. The maximum Gasteiger partial charge on any atom is 0.319 e. The van der Waals surface area contributed by atoms with Crippen molar-refractivity contribution in [2.75, 3.05) is 12.4 Å². The Hall–Kier alpha value is -2.90. The number of urea groups is 1. The Balaban J connectivity index is 1.96.